The Bertz CT molecular complexity index is 1740. The van der Waals surface area contributed by atoms with Gasteiger partial charge in [-0.1, -0.05) is 53.7 Å². The first-order valence-electron chi connectivity index (χ1n) is 24.0. The molecular formula is C47H76O17. The zero-order valence-electron chi connectivity index (χ0n) is 38.4. The van der Waals surface area contributed by atoms with E-state index >= 15 is 0 Å². The lowest BCUT2D eigenvalue weighted by molar-refractivity contribution is -0.394. The molecule has 366 valence electrons. The molecule has 4 saturated heterocycles. The highest BCUT2D eigenvalue weighted by Crippen LogP contribution is 2.79. The summed E-state index contributed by atoms with van der Waals surface area (Å²) in [6.07, 6.45) is -12.4. The summed E-state index contributed by atoms with van der Waals surface area (Å²) in [5, 5.41) is 110. The van der Waals surface area contributed by atoms with Gasteiger partial charge in [-0.3, -0.25) is 0 Å². The highest BCUT2D eigenvalue weighted by molar-refractivity contribution is 5.36. The van der Waals surface area contributed by atoms with Gasteiger partial charge in [0, 0.05) is 22.2 Å². The number of aliphatic hydroxyl groups is 10. The van der Waals surface area contributed by atoms with Crippen molar-refractivity contribution in [1.82, 2.24) is 0 Å². The van der Waals surface area contributed by atoms with Crippen molar-refractivity contribution in [3.8, 4) is 0 Å². The van der Waals surface area contributed by atoms with E-state index < -0.39 is 122 Å². The molecule has 0 aromatic rings. The Hall–Kier alpha value is -0.940. The van der Waals surface area contributed by atoms with Gasteiger partial charge in [0.05, 0.1) is 50.3 Å². The predicted octanol–water partition coefficient (Wildman–Crippen LogP) is 0.0961. The first kappa shape index (κ1) is 48.1. The number of fused-ring (bicyclic) bond motifs is 4. The molecule has 5 unspecified atom stereocenters. The van der Waals surface area contributed by atoms with Crippen LogP contribution >= 0.6 is 0 Å². The molecule has 0 radical (unpaired) electrons. The summed E-state index contributed by atoms with van der Waals surface area (Å²) in [6, 6.07) is 0. The lowest BCUT2D eigenvalue weighted by Crippen LogP contribution is -2.73. The van der Waals surface area contributed by atoms with Crippen LogP contribution in [0, 0.1) is 56.7 Å². The van der Waals surface area contributed by atoms with Gasteiger partial charge >= 0.3 is 0 Å². The smallest absolute Gasteiger partial charge is 0.187 e. The molecule has 0 amide bonds. The zero-order valence-corrected chi connectivity index (χ0v) is 38.4. The molecule has 17 heteroatoms. The van der Waals surface area contributed by atoms with Crippen molar-refractivity contribution in [1.29, 1.82) is 0 Å². The summed E-state index contributed by atoms with van der Waals surface area (Å²) >= 11 is 0. The summed E-state index contributed by atoms with van der Waals surface area (Å²) in [6.45, 7) is 14.7. The molecule has 4 heterocycles. The van der Waals surface area contributed by atoms with Gasteiger partial charge in [0.15, 0.2) is 18.9 Å². The van der Waals surface area contributed by atoms with E-state index in [1.165, 1.54) is 0 Å². The van der Waals surface area contributed by atoms with Crippen LogP contribution in [0.1, 0.15) is 93.4 Å². The number of hydrogen-bond acceptors (Lipinski definition) is 17. The second-order valence-electron chi connectivity index (χ2n) is 22.7. The predicted molar refractivity (Wildman–Crippen MR) is 223 cm³/mol. The van der Waals surface area contributed by atoms with Crippen LogP contribution in [0.5, 0.6) is 0 Å². The number of allylic oxidation sites excluding steroid dienone is 1. The molecule has 9 aliphatic rings. The molecule has 0 aromatic heterocycles. The van der Waals surface area contributed by atoms with Crippen LogP contribution in [0.3, 0.4) is 0 Å². The second-order valence-corrected chi connectivity index (χ2v) is 22.7. The van der Waals surface area contributed by atoms with Gasteiger partial charge in [-0.05, 0) is 86.4 Å². The van der Waals surface area contributed by atoms with E-state index in [0.717, 1.165) is 32.1 Å². The highest BCUT2D eigenvalue weighted by atomic mass is 16.8. The number of rotatable bonds is 8. The van der Waals surface area contributed by atoms with Crippen molar-refractivity contribution in [3.05, 3.63) is 12.2 Å². The van der Waals surface area contributed by atoms with Gasteiger partial charge in [0.2, 0.25) is 0 Å². The third-order valence-corrected chi connectivity index (χ3v) is 20.0. The van der Waals surface area contributed by atoms with Gasteiger partial charge in [0.1, 0.15) is 61.0 Å². The molecule has 2 bridgehead atoms. The van der Waals surface area contributed by atoms with E-state index in [2.05, 4.69) is 46.8 Å². The van der Waals surface area contributed by atoms with Crippen molar-refractivity contribution in [2.24, 2.45) is 56.7 Å². The van der Waals surface area contributed by atoms with Gasteiger partial charge in [0.25, 0.3) is 0 Å². The maximum absolute atomic E-state index is 12.3. The topological polar surface area (TPSA) is 267 Å². The van der Waals surface area contributed by atoms with Crippen molar-refractivity contribution < 1.29 is 84.2 Å². The van der Waals surface area contributed by atoms with Crippen LogP contribution in [0.2, 0.25) is 0 Å². The summed E-state index contributed by atoms with van der Waals surface area (Å²) in [4.78, 5) is 0. The minimum Gasteiger partial charge on any atom is -0.396 e. The molecule has 17 nitrogen and oxygen atoms in total. The summed E-state index contributed by atoms with van der Waals surface area (Å²) in [5.74, 6) is 1.19. The molecule has 10 N–H and O–H groups in total. The summed E-state index contributed by atoms with van der Waals surface area (Å²) < 4.78 is 43.8. The van der Waals surface area contributed by atoms with Crippen molar-refractivity contribution in [2.45, 2.75) is 197 Å². The fraction of sp³-hybridized carbons (Fsp3) is 0.957. The van der Waals surface area contributed by atoms with Crippen molar-refractivity contribution in [2.75, 3.05) is 26.4 Å². The van der Waals surface area contributed by atoms with Gasteiger partial charge < -0.3 is 84.2 Å². The highest BCUT2D eigenvalue weighted by Gasteiger charge is 2.79. The average Bonchev–Trinajstić information content (AvgIpc) is 3.57. The first-order valence-corrected chi connectivity index (χ1v) is 24.0. The van der Waals surface area contributed by atoms with Crippen LogP contribution in [0.4, 0.5) is 0 Å². The third kappa shape index (κ3) is 6.57. The van der Waals surface area contributed by atoms with Crippen molar-refractivity contribution >= 4 is 0 Å². The minimum absolute atomic E-state index is 0.0389. The Labute approximate surface area is 376 Å². The fourth-order valence-electron chi connectivity index (χ4n) is 15.8. The quantitative estimate of drug-likeness (QED) is 0.114. The minimum atomic E-state index is -1.81. The molecule has 27 atom stereocenters. The molecular weight excluding hydrogens is 836 g/mol. The summed E-state index contributed by atoms with van der Waals surface area (Å²) in [7, 11) is 0. The van der Waals surface area contributed by atoms with Gasteiger partial charge in [-0.25, -0.2) is 0 Å². The largest absolute Gasteiger partial charge is 0.396 e. The average molecular weight is 913 g/mol. The molecule has 8 fully saturated rings. The summed E-state index contributed by atoms with van der Waals surface area (Å²) in [5.41, 5.74) is -2.46. The molecule has 4 aliphatic heterocycles. The first-order chi connectivity index (χ1) is 30.1. The van der Waals surface area contributed by atoms with Crippen LogP contribution in [0.15, 0.2) is 12.2 Å². The number of hydrogen-bond donors (Lipinski definition) is 10. The number of ether oxygens (including phenoxy) is 7. The zero-order chi connectivity index (χ0) is 46.3. The number of aliphatic hydroxyl groups excluding tert-OH is 10. The Morgan fingerprint density at radius 2 is 1.38 bits per heavy atom. The molecule has 4 saturated carbocycles. The maximum atomic E-state index is 12.3. The lowest BCUT2D eigenvalue weighted by atomic mass is 9.31. The van der Waals surface area contributed by atoms with E-state index in [-0.39, 0.29) is 46.0 Å². The Kier molecular flexibility index (Phi) is 12.5. The Balaban J connectivity index is 0.992. The van der Waals surface area contributed by atoms with Crippen LogP contribution in [-0.2, 0) is 33.2 Å². The molecule has 1 spiro atoms. The van der Waals surface area contributed by atoms with Gasteiger partial charge in [-0.2, -0.15) is 0 Å². The second kappa shape index (κ2) is 16.6. The van der Waals surface area contributed by atoms with Gasteiger partial charge in [-0.15, -0.1) is 0 Å². The normalized spacial score (nSPS) is 60.5. The maximum Gasteiger partial charge on any atom is 0.187 e. The monoisotopic (exact) mass is 913 g/mol. The van der Waals surface area contributed by atoms with E-state index in [0.29, 0.717) is 31.3 Å². The van der Waals surface area contributed by atoms with Crippen LogP contribution < -0.4 is 0 Å². The fourth-order valence-corrected chi connectivity index (χ4v) is 15.8. The standard InChI is InChI=1S/C47H76O17/c1-21-8-14-46-20-59-47(38(46)22(21)2)15-10-27-42(4)12-11-29(43(5,19-49)26(42)9-13-44(27,6)45(47,7)16-28(46)51)62-40-36(33(55)30(52)23(3)60-40)64-41-37(34(56)32(54)25(17-48)61-41)63-39-35(57)31(53)24(50)18-58-39/h10,15,21-41,48-57H,8-9,11-14,16-20H2,1-7H3/t21-,22+,23-,24-,25-,26?,27?,28-,29+,30+,31+,32-,33+,34+,35-,36-,37-,38?,39+,40+,41+,42+,43+,44-,45+,46?,47?/m1/s1. The lowest BCUT2D eigenvalue weighted by Gasteiger charge is -2.73. The van der Waals surface area contributed by atoms with Crippen molar-refractivity contribution in [3.63, 3.8) is 0 Å². The van der Waals surface area contributed by atoms with Crippen LogP contribution in [0.25, 0.3) is 0 Å². The Morgan fingerprint density at radius 3 is 2.06 bits per heavy atom. The molecule has 5 aliphatic carbocycles. The molecule has 64 heavy (non-hydrogen) atoms. The Morgan fingerprint density at radius 1 is 0.703 bits per heavy atom. The van der Waals surface area contributed by atoms with E-state index in [1.54, 1.807) is 6.92 Å². The molecule has 9 rings (SSSR count). The molecule has 0 aromatic carbocycles. The third-order valence-electron chi connectivity index (χ3n) is 20.0. The SMILES string of the molecule is C[C@@H]1CCC23COC4(C=CC5[C@@]6(C)CC[C@H](O[C@@H]7O[C@H](C)[C@H](O)[C@H](O)[C@H]7O[C@@H]7O[C@H](CO)[C@@H](O)[C@H](O)[C@H]7O[C@@H]7OC[C@@H](O)[C@H](O)[C@H]7O)[C@@](C)(CO)C6CC[C@@]5(C)[C@]4(C)C[C@H]2O)C3[C@H]1C. The van der Waals surface area contributed by atoms with E-state index in [9.17, 15) is 51.1 Å². The van der Waals surface area contributed by atoms with E-state index in [4.69, 9.17) is 33.2 Å². The van der Waals surface area contributed by atoms with Crippen LogP contribution in [-0.4, -0.2) is 181 Å². The van der Waals surface area contributed by atoms with E-state index in [1.807, 2.05) is 6.92 Å².